The molecular formula is C84H82F4N14O18. The number of nitrogens with zero attached hydrogens (tertiary/aromatic N) is 14. The van der Waals surface area contributed by atoms with Crippen LogP contribution < -0.4 is 28.7 Å². The highest BCUT2D eigenvalue weighted by molar-refractivity contribution is 5.78. The minimum absolute atomic E-state index is 0.00250. The van der Waals surface area contributed by atoms with Gasteiger partial charge in [-0.25, -0.2) is 4.39 Å². The number of methoxy groups -OCH3 is 7. The van der Waals surface area contributed by atoms with Crippen LogP contribution in [0.25, 0.3) is 114 Å². The quantitative estimate of drug-likeness (QED) is 0.0229. The summed E-state index contributed by atoms with van der Waals surface area (Å²) in [4.78, 5) is 43.8. The molecule has 624 valence electrons. The number of rotatable bonds is 30. The van der Waals surface area contributed by atoms with E-state index in [1.54, 1.807) is 85.1 Å². The van der Waals surface area contributed by atoms with Crippen LogP contribution in [-0.4, -0.2) is 169 Å². The summed E-state index contributed by atoms with van der Waals surface area (Å²) in [5, 5.41) is 47.4. The number of anilines is 2. The fraction of sp³-hybridized carbons (Fsp3) is 0.262. The van der Waals surface area contributed by atoms with Crippen LogP contribution in [0.5, 0.6) is 23.0 Å². The summed E-state index contributed by atoms with van der Waals surface area (Å²) in [5.74, 6) is 4.11. The second kappa shape index (κ2) is 40.2. The largest absolute Gasteiger partial charge is 0.573 e. The van der Waals surface area contributed by atoms with Crippen molar-refractivity contribution in [1.82, 2.24) is 50.9 Å². The lowest BCUT2D eigenvalue weighted by atomic mass is 9.97. The Morgan fingerprint density at radius 2 is 0.700 bits per heavy atom. The molecule has 6 heterocycles. The standard InChI is InChI=1S/C21H16F3N3O3.C21H23FN4O6.C21H24N4O6.C21H19N3O3/c1-11-10-14(8-9-15(11)18-12(2)26-29-13(18)3)20-25-19(27-30-20)16-6-4-5-7-17(16)28-21(22,23)24;1-29-10-8-25(9-11-30-2)17-6-4-14(12-18(17)26(27)28)21-23-20(24-32-21)16-13-15(22)5-7-19(16)31-3;1-28-12-10-24(11-13-29-2)17-9-8-15(14-18(17)25(26)27)21-22-20(23-31-21)16-6-4-5-7-19(16)30-3;1-12-11-15(9-10-16(12)19-13(2)23-26-14(19)3)21-22-20(24-27-21)17-7-5-6-8-18(17)25-4/h4-10H,1-3H3;4-7,12-13H,8-11H2,1-3H3;4-9,14H,10-13H2,1-3H3;5-11H,1-4H3. The smallest absolute Gasteiger partial charge is 0.496 e. The normalized spacial score (nSPS) is 11.1. The van der Waals surface area contributed by atoms with E-state index in [-0.39, 0.29) is 46.3 Å². The predicted octanol–water partition coefficient (Wildman–Crippen LogP) is 17.9. The summed E-state index contributed by atoms with van der Waals surface area (Å²) >= 11 is 0. The van der Waals surface area contributed by atoms with Gasteiger partial charge in [-0.3, -0.25) is 20.2 Å². The van der Waals surface area contributed by atoms with Crippen LogP contribution in [0.2, 0.25) is 0 Å². The van der Waals surface area contributed by atoms with Crippen LogP contribution >= 0.6 is 0 Å². The minimum Gasteiger partial charge on any atom is -0.496 e. The van der Waals surface area contributed by atoms with Crippen LogP contribution in [-0.2, 0) is 18.9 Å². The molecule has 0 aliphatic heterocycles. The summed E-state index contributed by atoms with van der Waals surface area (Å²) in [6, 6.07) is 45.4. The van der Waals surface area contributed by atoms with E-state index < -0.39 is 27.8 Å². The van der Waals surface area contributed by atoms with Crippen molar-refractivity contribution in [1.29, 1.82) is 0 Å². The molecule has 0 bridgehead atoms. The average molecular weight is 1650 g/mol. The predicted molar refractivity (Wildman–Crippen MR) is 432 cm³/mol. The van der Waals surface area contributed by atoms with Gasteiger partial charge in [0.2, 0.25) is 23.3 Å². The number of aromatic nitrogens is 10. The van der Waals surface area contributed by atoms with Crippen molar-refractivity contribution in [2.24, 2.45) is 0 Å². The van der Waals surface area contributed by atoms with Gasteiger partial charge in [-0.05, 0) is 167 Å². The van der Waals surface area contributed by atoms with E-state index in [1.807, 2.05) is 124 Å². The highest BCUT2D eigenvalue weighted by Gasteiger charge is 2.34. The van der Waals surface area contributed by atoms with Gasteiger partial charge >= 0.3 is 6.36 Å². The third-order valence-corrected chi connectivity index (χ3v) is 18.5. The van der Waals surface area contributed by atoms with E-state index in [2.05, 4.69) is 55.6 Å². The van der Waals surface area contributed by atoms with Crippen LogP contribution in [0, 0.1) is 67.6 Å². The lowest BCUT2D eigenvalue weighted by Gasteiger charge is -2.24. The lowest BCUT2D eigenvalue weighted by Crippen LogP contribution is -2.31. The Labute approximate surface area is 683 Å². The molecule has 8 aromatic carbocycles. The van der Waals surface area contributed by atoms with Crippen LogP contribution in [0.3, 0.4) is 0 Å². The van der Waals surface area contributed by atoms with E-state index in [1.165, 1.54) is 55.6 Å². The van der Waals surface area contributed by atoms with Gasteiger partial charge < -0.3 is 74.8 Å². The fourth-order valence-electron chi connectivity index (χ4n) is 12.7. The zero-order valence-corrected chi connectivity index (χ0v) is 67.4. The Balaban J connectivity index is 0.000000157. The number of ether oxygens (including phenoxy) is 8. The number of hydrogen-bond donors (Lipinski definition) is 0. The molecule has 0 N–H and O–H groups in total. The van der Waals surface area contributed by atoms with Crippen molar-refractivity contribution in [3.8, 4) is 137 Å². The molecule has 14 rings (SSSR count). The zero-order valence-electron chi connectivity index (χ0n) is 67.4. The Bertz CT molecular complexity index is 5770. The molecule has 14 aromatic rings. The molecule has 0 radical (unpaired) electrons. The second-order valence-electron chi connectivity index (χ2n) is 26.3. The van der Waals surface area contributed by atoms with Gasteiger partial charge in [-0.2, -0.15) is 19.9 Å². The van der Waals surface area contributed by atoms with Gasteiger partial charge in [0.05, 0.1) is 91.2 Å². The molecule has 32 nitrogen and oxygen atoms in total. The molecule has 0 aliphatic carbocycles. The Morgan fingerprint density at radius 3 is 1.02 bits per heavy atom. The highest BCUT2D eigenvalue weighted by Crippen LogP contribution is 2.41. The summed E-state index contributed by atoms with van der Waals surface area (Å²) in [6.45, 7) is 15.0. The molecule has 0 unspecified atom stereocenters. The molecule has 0 saturated carbocycles. The molecule has 0 atom stereocenters. The third-order valence-electron chi connectivity index (χ3n) is 18.5. The number of halogens is 4. The van der Waals surface area contributed by atoms with Gasteiger partial charge in [0.15, 0.2) is 0 Å². The van der Waals surface area contributed by atoms with Crippen molar-refractivity contribution in [3.05, 3.63) is 224 Å². The maximum Gasteiger partial charge on any atom is 0.573 e. The first-order valence-corrected chi connectivity index (χ1v) is 36.8. The highest BCUT2D eigenvalue weighted by atomic mass is 19.4. The lowest BCUT2D eigenvalue weighted by molar-refractivity contribution is -0.384. The topological polar surface area (TPSA) is 374 Å². The first-order valence-electron chi connectivity index (χ1n) is 36.8. The SMILES string of the molecule is COCCN(CCOC)c1ccc(-c2nc(-c3cc(F)ccc3OC)no2)cc1[N+](=O)[O-].COCCN(CCOC)c1ccc(-c2nc(-c3ccccc3OC)no2)cc1[N+](=O)[O-].COc1ccccc1-c1noc(-c2ccc(-c3c(C)noc3C)c(C)c2)n1.Cc1cc(-c2nc(-c3ccccc3OC(F)(F)F)no2)ccc1-c1c(C)noc1C. The molecular weight excluding hydrogens is 1570 g/mol. The van der Waals surface area contributed by atoms with E-state index >= 15 is 0 Å². The second-order valence-corrected chi connectivity index (χ2v) is 26.3. The molecule has 0 amide bonds. The van der Waals surface area contributed by atoms with E-state index in [0.29, 0.717) is 132 Å². The van der Waals surface area contributed by atoms with Crippen molar-refractivity contribution < 1.29 is 92.4 Å². The summed E-state index contributed by atoms with van der Waals surface area (Å²) < 4.78 is 124. The number of para-hydroxylation sites is 3. The van der Waals surface area contributed by atoms with Gasteiger partial charge in [0.25, 0.3) is 34.9 Å². The number of nitro benzene ring substituents is 2. The third kappa shape index (κ3) is 21.0. The zero-order chi connectivity index (χ0) is 85.7. The summed E-state index contributed by atoms with van der Waals surface area (Å²) in [6.07, 6.45) is -4.83. The molecule has 0 spiro atoms. The van der Waals surface area contributed by atoms with Gasteiger partial charge in [0, 0.05) is 100 Å². The van der Waals surface area contributed by atoms with Gasteiger partial charge in [-0.15, -0.1) is 13.2 Å². The van der Waals surface area contributed by atoms with Gasteiger partial charge in [0.1, 0.15) is 51.7 Å². The monoisotopic (exact) mass is 1650 g/mol. The van der Waals surface area contributed by atoms with E-state index in [0.717, 1.165) is 61.7 Å². The van der Waals surface area contributed by atoms with Crippen molar-refractivity contribution in [3.63, 3.8) is 0 Å². The molecule has 6 aromatic heterocycles. The maximum atomic E-state index is 13.7. The average Bonchev–Trinajstić information content (AvgIpc) is 1.80. The van der Waals surface area contributed by atoms with Crippen LogP contribution in [0.4, 0.5) is 40.3 Å². The summed E-state index contributed by atoms with van der Waals surface area (Å²) in [5.41, 5.74) is 12.5. The Morgan fingerprint density at radius 1 is 0.375 bits per heavy atom. The van der Waals surface area contributed by atoms with Crippen molar-refractivity contribution in [2.45, 2.75) is 47.9 Å². The van der Waals surface area contributed by atoms with Crippen LogP contribution in [0.1, 0.15) is 34.0 Å². The van der Waals surface area contributed by atoms with Crippen molar-refractivity contribution >= 4 is 22.7 Å². The van der Waals surface area contributed by atoms with Gasteiger partial charge in [-0.1, -0.05) is 79.5 Å². The molecule has 0 aliphatic rings. The van der Waals surface area contributed by atoms with E-state index in [4.69, 9.17) is 60.3 Å². The maximum absolute atomic E-state index is 13.7. The number of nitro groups is 2. The Hall–Kier alpha value is -14.1. The van der Waals surface area contributed by atoms with E-state index in [9.17, 15) is 37.8 Å². The first-order chi connectivity index (χ1) is 57.9. The number of alkyl halides is 3. The first kappa shape index (κ1) is 86.8. The summed E-state index contributed by atoms with van der Waals surface area (Å²) in [7, 11) is 10.9. The number of aryl methyl sites for hydroxylation is 6. The number of benzene rings is 8. The Kier molecular flexibility index (Phi) is 29.0. The fourth-order valence-corrected chi connectivity index (χ4v) is 12.7. The molecule has 0 saturated heterocycles. The molecule has 120 heavy (non-hydrogen) atoms. The number of hydrogen-bond acceptors (Lipinski definition) is 30. The minimum atomic E-state index is -4.83. The molecule has 36 heteroatoms. The molecule has 0 fully saturated rings. The van der Waals surface area contributed by atoms with Crippen molar-refractivity contribution in [2.75, 3.05) is 112 Å². The van der Waals surface area contributed by atoms with Crippen LogP contribution in [0.15, 0.2) is 191 Å².